The van der Waals surface area contributed by atoms with Crippen LogP contribution in [0.3, 0.4) is 0 Å². The van der Waals surface area contributed by atoms with Gasteiger partial charge in [-0.3, -0.25) is 4.79 Å². The Morgan fingerprint density at radius 2 is 1.49 bits per heavy atom. The number of carbonyl (C=O) groups is 1. The van der Waals surface area contributed by atoms with Crippen LogP contribution in [0, 0.1) is 0 Å². The molecule has 0 saturated carbocycles. The Bertz CT molecular complexity index is 1310. The molecule has 0 saturated heterocycles. The van der Waals surface area contributed by atoms with Crippen molar-refractivity contribution in [3.8, 4) is 17.2 Å². The van der Waals surface area contributed by atoms with Crippen molar-refractivity contribution >= 4 is 23.0 Å². The number of anilines is 3. The lowest BCUT2D eigenvalue weighted by Crippen LogP contribution is -2.31. The molecular formula is C30H35F3N2O4. The van der Waals surface area contributed by atoms with Crippen LogP contribution in [0.5, 0.6) is 17.2 Å². The fourth-order valence-corrected chi connectivity index (χ4v) is 4.53. The van der Waals surface area contributed by atoms with Crippen molar-refractivity contribution < 1.29 is 33.3 Å². The second kappa shape index (κ2) is 12.3. The molecule has 0 aliphatic carbocycles. The summed E-state index contributed by atoms with van der Waals surface area (Å²) in [6.45, 7) is 6.54. The number of rotatable bonds is 9. The monoisotopic (exact) mass is 544 g/mol. The molecule has 3 N–H and O–H groups in total. The lowest BCUT2D eigenvalue weighted by Gasteiger charge is -2.29. The third-order valence-corrected chi connectivity index (χ3v) is 6.46. The molecule has 3 rings (SSSR count). The zero-order chi connectivity index (χ0) is 28.9. The third kappa shape index (κ3) is 7.59. The number of benzene rings is 2. The standard InChI is InChI=1S/C30H35F3N2O4/c1-19(2)8-5-9-20(3)10-6-11-21(4)14-15-34-24-16-22(36)17-26(38)28(24)35(18-30(31,32)33)27-23(29(34)39)12-7-13-25(27)37/h7-8,10,12-14,16-17,36-38H,5-6,9,11,15,18H2,1-4H3. The van der Waals surface area contributed by atoms with Crippen molar-refractivity contribution in [1.29, 1.82) is 0 Å². The molecule has 9 heteroatoms. The number of alkyl halides is 3. The Labute approximate surface area is 227 Å². The average molecular weight is 545 g/mol. The smallest absolute Gasteiger partial charge is 0.406 e. The SMILES string of the molecule is CC(C)=CCCC(C)=CCCC(C)=CCN1C(=O)c2cccc(O)c2N(CC(F)(F)F)c2c(O)cc(O)cc21. The second-order valence-corrected chi connectivity index (χ2v) is 10.1. The van der Waals surface area contributed by atoms with Crippen molar-refractivity contribution in [1.82, 2.24) is 0 Å². The Hall–Kier alpha value is -3.88. The highest BCUT2D eigenvalue weighted by Crippen LogP contribution is 2.50. The highest BCUT2D eigenvalue weighted by atomic mass is 19.4. The van der Waals surface area contributed by atoms with Gasteiger partial charge >= 0.3 is 6.18 Å². The predicted octanol–water partition coefficient (Wildman–Crippen LogP) is 7.88. The van der Waals surface area contributed by atoms with Gasteiger partial charge in [0.05, 0.1) is 16.9 Å². The summed E-state index contributed by atoms with van der Waals surface area (Å²) in [4.78, 5) is 15.5. The van der Waals surface area contributed by atoms with Crippen molar-refractivity contribution in [3.05, 3.63) is 70.8 Å². The van der Waals surface area contributed by atoms with Gasteiger partial charge in [0.25, 0.3) is 5.91 Å². The number of halogens is 3. The van der Waals surface area contributed by atoms with Gasteiger partial charge < -0.3 is 25.1 Å². The number of hydrogen-bond acceptors (Lipinski definition) is 5. The summed E-state index contributed by atoms with van der Waals surface area (Å²) >= 11 is 0. The first-order valence-corrected chi connectivity index (χ1v) is 12.8. The lowest BCUT2D eigenvalue weighted by atomic mass is 10.1. The number of amides is 1. The molecule has 2 aromatic rings. The van der Waals surface area contributed by atoms with Crippen LogP contribution in [-0.2, 0) is 0 Å². The van der Waals surface area contributed by atoms with Gasteiger partial charge in [0.2, 0.25) is 0 Å². The quantitative estimate of drug-likeness (QED) is 0.280. The van der Waals surface area contributed by atoms with Gasteiger partial charge in [0.1, 0.15) is 29.5 Å². The average Bonchev–Trinajstić information content (AvgIpc) is 2.90. The zero-order valence-corrected chi connectivity index (χ0v) is 22.6. The van der Waals surface area contributed by atoms with E-state index in [9.17, 15) is 33.3 Å². The summed E-state index contributed by atoms with van der Waals surface area (Å²) in [5.41, 5.74) is 2.58. The third-order valence-electron chi connectivity index (χ3n) is 6.46. The van der Waals surface area contributed by atoms with E-state index in [1.807, 2.05) is 6.92 Å². The maximum atomic E-state index is 13.7. The first kappa shape index (κ1) is 29.7. The molecule has 1 aliphatic rings. The number of phenols is 3. The molecule has 0 aromatic heterocycles. The maximum absolute atomic E-state index is 13.7. The molecule has 0 unspecified atom stereocenters. The van der Waals surface area contributed by atoms with Crippen LogP contribution in [0.2, 0.25) is 0 Å². The molecule has 1 heterocycles. The molecule has 0 bridgehead atoms. The summed E-state index contributed by atoms with van der Waals surface area (Å²) in [7, 11) is 0. The van der Waals surface area contributed by atoms with Crippen LogP contribution >= 0.6 is 0 Å². The summed E-state index contributed by atoms with van der Waals surface area (Å²) < 4.78 is 41.0. The molecule has 1 aliphatic heterocycles. The van der Waals surface area contributed by atoms with Crippen LogP contribution in [0.15, 0.2) is 65.3 Å². The topological polar surface area (TPSA) is 84.2 Å². The Kier molecular flexibility index (Phi) is 9.37. The number of nitrogens with zero attached hydrogens (tertiary/aromatic N) is 2. The number of phenolic OH excluding ortho intramolecular Hbond substituents is 3. The highest BCUT2D eigenvalue weighted by Gasteiger charge is 2.40. The second-order valence-electron chi connectivity index (χ2n) is 10.1. The van der Waals surface area contributed by atoms with Gasteiger partial charge in [0.15, 0.2) is 0 Å². The van der Waals surface area contributed by atoms with Gasteiger partial charge in [-0.15, -0.1) is 0 Å². The van der Waals surface area contributed by atoms with Crippen LogP contribution in [0.25, 0.3) is 0 Å². The number of aromatic hydroxyl groups is 3. The fraction of sp³-hybridized carbons (Fsp3) is 0.367. The molecule has 1 amide bonds. The zero-order valence-electron chi connectivity index (χ0n) is 22.6. The van der Waals surface area contributed by atoms with E-state index < -0.39 is 35.9 Å². The molecule has 210 valence electrons. The molecule has 0 atom stereocenters. The minimum absolute atomic E-state index is 0.0151. The lowest BCUT2D eigenvalue weighted by molar-refractivity contribution is -0.118. The summed E-state index contributed by atoms with van der Waals surface area (Å²) in [6.07, 6.45) is 4.92. The van der Waals surface area contributed by atoms with Crippen molar-refractivity contribution in [3.63, 3.8) is 0 Å². The number of carbonyl (C=O) groups excluding carboxylic acids is 1. The van der Waals surface area contributed by atoms with Gasteiger partial charge in [-0.25, -0.2) is 0 Å². The van der Waals surface area contributed by atoms with Crippen molar-refractivity contribution in [2.45, 2.75) is 59.6 Å². The molecule has 39 heavy (non-hydrogen) atoms. The van der Waals surface area contributed by atoms with Gasteiger partial charge in [0, 0.05) is 18.7 Å². The largest absolute Gasteiger partial charge is 0.508 e. The Morgan fingerprint density at radius 1 is 0.846 bits per heavy atom. The van der Waals surface area contributed by atoms with E-state index in [4.69, 9.17) is 0 Å². The first-order chi connectivity index (χ1) is 18.3. The fourth-order valence-electron chi connectivity index (χ4n) is 4.53. The number of allylic oxidation sites excluding steroid dienone is 5. The van der Waals surface area contributed by atoms with Gasteiger partial charge in [-0.1, -0.05) is 41.0 Å². The van der Waals surface area contributed by atoms with Crippen LogP contribution in [0.4, 0.5) is 30.2 Å². The first-order valence-electron chi connectivity index (χ1n) is 12.8. The molecule has 0 radical (unpaired) electrons. The highest BCUT2D eigenvalue weighted by molar-refractivity contribution is 6.15. The molecule has 0 spiro atoms. The Balaban J connectivity index is 1.96. The van der Waals surface area contributed by atoms with Crippen molar-refractivity contribution in [2.75, 3.05) is 22.9 Å². The van der Waals surface area contributed by atoms with Crippen LogP contribution in [-0.4, -0.2) is 40.5 Å². The van der Waals surface area contributed by atoms with E-state index in [2.05, 4.69) is 32.9 Å². The van der Waals surface area contributed by atoms with Crippen LogP contribution in [0.1, 0.15) is 63.7 Å². The minimum atomic E-state index is -4.73. The van der Waals surface area contributed by atoms with E-state index in [1.54, 1.807) is 6.08 Å². The molecule has 2 aromatic carbocycles. The van der Waals surface area contributed by atoms with Gasteiger partial charge in [-0.05, 0) is 65.5 Å². The number of hydrogen-bond donors (Lipinski definition) is 3. The normalized spacial score (nSPS) is 14.2. The summed E-state index contributed by atoms with van der Waals surface area (Å²) in [5.74, 6) is -2.28. The van der Waals surface area contributed by atoms with E-state index in [0.717, 1.165) is 43.4 Å². The predicted molar refractivity (Wildman–Crippen MR) is 148 cm³/mol. The Morgan fingerprint density at radius 3 is 2.13 bits per heavy atom. The maximum Gasteiger partial charge on any atom is 0.406 e. The molecular weight excluding hydrogens is 509 g/mol. The van der Waals surface area contributed by atoms with Gasteiger partial charge in [-0.2, -0.15) is 13.2 Å². The number of fused-ring (bicyclic) bond motifs is 2. The minimum Gasteiger partial charge on any atom is -0.508 e. The van der Waals surface area contributed by atoms with Crippen molar-refractivity contribution in [2.24, 2.45) is 0 Å². The van der Waals surface area contributed by atoms with E-state index in [-0.39, 0.29) is 29.2 Å². The molecule has 6 nitrogen and oxygen atoms in total. The van der Waals surface area contributed by atoms with E-state index in [0.29, 0.717) is 4.90 Å². The number of para-hydroxylation sites is 1. The van der Waals surface area contributed by atoms with E-state index in [1.165, 1.54) is 34.2 Å². The summed E-state index contributed by atoms with van der Waals surface area (Å²) in [5, 5.41) is 31.4. The summed E-state index contributed by atoms with van der Waals surface area (Å²) in [6, 6.07) is 5.93. The molecule has 0 fully saturated rings. The van der Waals surface area contributed by atoms with Crippen LogP contribution < -0.4 is 9.80 Å². The van der Waals surface area contributed by atoms with E-state index >= 15 is 0 Å².